The summed E-state index contributed by atoms with van der Waals surface area (Å²) in [6.45, 7) is 2.39. The number of benzene rings is 3. The van der Waals surface area contributed by atoms with Gasteiger partial charge < -0.3 is 24.3 Å². The first-order chi connectivity index (χ1) is 15.7. The smallest absolute Gasteiger partial charge is 0.259 e. The van der Waals surface area contributed by atoms with Crippen LogP contribution in [0.5, 0.6) is 11.5 Å². The SMILES string of the molecule is COc1ccc(N2CCn3c(nc4ccccc43)C2)cc1NC(=O)c1ccccc1OC. The van der Waals surface area contributed by atoms with Gasteiger partial charge in [0.25, 0.3) is 5.91 Å². The van der Waals surface area contributed by atoms with Gasteiger partial charge in [-0.15, -0.1) is 0 Å². The van der Waals surface area contributed by atoms with Gasteiger partial charge in [0.15, 0.2) is 0 Å². The highest BCUT2D eigenvalue weighted by Gasteiger charge is 2.22. The van der Waals surface area contributed by atoms with E-state index in [2.05, 4.69) is 20.9 Å². The quantitative estimate of drug-likeness (QED) is 0.513. The molecule has 162 valence electrons. The van der Waals surface area contributed by atoms with Crippen LogP contribution in [0.25, 0.3) is 11.0 Å². The lowest BCUT2D eigenvalue weighted by Crippen LogP contribution is -2.33. The van der Waals surface area contributed by atoms with E-state index in [1.807, 2.05) is 48.5 Å². The molecular formula is C25H24N4O3. The summed E-state index contributed by atoms with van der Waals surface area (Å²) in [7, 11) is 3.15. The molecule has 1 aliphatic rings. The lowest BCUT2D eigenvalue weighted by molar-refractivity contribution is 0.102. The van der Waals surface area contributed by atoms with Gasteiger partial charge in [0, 0.05) is 18.8 Å². The summed E-state index contributed by atoms with van der Waals surface area (Å²) in [4.78, 5) is 20.0. The summed E-state index contributed by atoms with van der Waals surface area (Å²) in [5, 5.41) is 2.98. The number of carbonyl (C=O) groups excluding carboxylic acids is 1. The minimum absolute atomic E-state index is 0.252. The number of methoxy groups -OCH3 is 2. The molecule has 0 radical (unpaired) electrons. The van der Waals surface area contributed by atoms with Crippen molar-refractivity contribution >= 4 is 28.3 Å². The van der Waals surface area contributed by atoms with Crippen LogP contribution < -0.4 is 19.7 Å². The van der Waals surface area contributed by atoms with Gasteiger partial charge in [-0.1, -0.05) is 24.3 Å². The molecule has 4 aromatic rings. The lowest BCUT2D eigenvalue weighted by atomic mass is 10.1. The second-order valence-electron chi connectivity index (χ2n) is 7.63. The maximum absolute atomic E-state index is 12.9. The van der Waals surface area contributed by atoms with Gasteiger partial charge in [0.1, 0.15) is 17.3 Å². The first-order valence-corrected chi connectivity index (χ1v) is 10.5. The molecule has 0 saturated carbocycles. The third kappa shape index (κ3) is 3.51. The average molecular weight is 428 g/mol. The fourth-order valence-electron chi connectivity index (χ4n) is 4.20. The van der Waals surface area contributed by atoms with Crippen molar-refractivity contribution in [3.05, 3.63) is 78.1 Å². The molecule has 1 aliphatic heterocycles. The van der Waals surface area contributed by atoms with E-state index in [0.717, 1.165) is 30.1 Å². The van der Waals surface area contributed by atoms with Gasteiger partial charge in [-0.3, -0.25) is 4.79 Å². The molecule has 7 nitrogen and oxygen atoms in total. The number of rotatable bonds is 5. The van der Waals surface area contributed by atoms with Crippen LogP contribution in [0.15, 0.2) is 66.7 Å². The van der Waals surface area contributed by atoms with Crippen molar-refractivity contribution in [1.29, 1.82) is 0 Å². The van der Waals surface area contributed by atoms with Gasteiger partial charge in [-0.25, -0.2) is 4.98 Å². The molecule has 0 saturated heterocycles. The number of amides is 1. The Bertz CT molecular complexity index is 1300. The van der Waals surface area contributed by atoms with E-state index in [1.165, 1.54) is 5.52 Å². The summed E-state index contributed by atoms with van der Waals surface area (Å²) in [6.07, 6.45) is 0. The molecule has 0 atom stereocenters. The molecule has 0 aliphatic carbocycles. The highest BCUT2D eigenvalue weighted by Crippen LogP contribution is 2.33. The molecule has 5 rings (SSSR count). The largest absolute Gasteiger partial charge is 0.496 e. The van der Waals surface area contributed by atoms with Crippen LogP contribution in [0.2, 0.25) is 0 Å². The van der Waals surface area contributed by atoms with Crippen LogP contribution >= 0.6 is 0 Å². The molecule has 0 unspecified atom stereocenters. The van der Waals surface area contributed by atoms with Gasteiger partial charge in [-0.2, -0.15) is 0 Å². The minimum Gasteiger partial charge on any atom is -0.496 e. The predicted molar refractivity (Wildman–Crippen MR) is 125 cm³/mol. The highest BCUT2D eigenvalue weighted by atomic mass is 16.5. The van der Waals surface area contributed by atoms with E-state index < -0.39 is 0 Å². The van der Waals surface area contributed by atoms with Crippen LogP contribution in [-0.4, -0.2) is 36.2 Å². The first kappa shape index (κ1) is 19.9. The molecule has 7 heteroatoms. The van der Waals surface area contributed by atoms with Crippen molar-refractivity contribution in [3.63, 3.8) is 0 Å². The topological polar surface area (TPSA) is 68.6 Å². The minimum atomic E-state index is -0.252. The number of nitrogens with zero attached hydrogens (tertiary/aromatic N) is 3. The summed E-state index contributed by atoms with van der Waals surface area (Å²) in [5.74, 6) is 1.91. The molecule has 1 aromatic heterocycles. The summed E-state index contributed by atoms with van der Waals surface area (Å²) < 4.78 is 13.1. The zero-order valence-electron chi connectivity index (χ0n) is 18.0. The third-order valence-corrected chi connectivity index (χ3v) is 5.81. The average Bonchev–Trinajstić information content (AvgIpc) is 3.21. The Morgan fingerprint density at radius 2 is 1.72 bits per heavy atom. The number of aromatic nitrogens is 2. The van der Waals surface area contributed by atoms with Crippen molar-refractivity contribution in [2.75, 3.05) is 31.0 Å². The number of anilines is 2. The summed E-state index contributed by atoms with van der Waals surface area (Å²) in [5.41, 5.74) is 4.26. The molecule has 0 bridgehead atoms. The van der Waals surface area contributed by atoms with Gasteiger partial charge in [0.05, 0.1) is 43.0 Å². The Labute approximate surface area is 186 Å². The lowest BCUT2D eigenvalue weighted by Gasteiger charge is -2.30. The number of para-hydroxylation sites is 3. The Kier molecular flexibility index (Phi) is 5.15. The third-order valence-electron chi connectivity index (χ3n) is 5.81. The fraction of sp³-hybridized carbons (Fsp3) is 0.200. The van der Waals surface area contributed by atoms with Crippen LogP contribution in [0.3, 0.4) is 0 Å². The molecule has 3 aromatic carbocycles. The summed E-state index contributed by atoms with van der Waals surface area (Å²) in [6, 6.07) is 21.2. The zero-order valence-corrected chi connectivity index (χ0v) is 18.0. The maximum Gasteiger partial charge on any atom is 0.259 e. The van der Waals surface area contributed by atoms with E-state index in [9.17, 15) is 4.79 Å². The second kappa shape index (κ2) is 8.26. The normalized spacial score (nSPS) is 13.0. The Morgan fingerprint density at radius 3 is 2.56 bits per heavy atom. The van der Waals surface area contributed by atoms with Gasteiger partial charge in [0.2, 0.25) is 0 Å². The van der Waals surface area contributed by atoms with E-state index in [-0.39, 0.29) is 5.91 Å². The maximum atomic E-state index is 12.9. The van der Waals surface area contributed by atoms with Crippen LogP contribution in [0.1, 0.15) is 16.2 Å². The first-order valence-electron chi connectivity index (χ1n) is 10.5. The predicted octanol–water partition coefficient (Wildman–Crippen LogP) is 4.33. The van der Waals surface area contributed by atoms with Gasteiger partial charge in [-0.05, 0) is 42.5 Å². The van der Waals surface area contributed by atoms with Crippen LogP contribution in [0.4, 0.5) is 11.4 Å². The molecule has 32 heavy (non-hydrogen) atoms. The van der Waals surface area contributed by atoms with Gasteiger partial charge >= 0.3 is 0 Å². The highest BCUT2D eigenvalue weighted by molar-refractivity contribution is 6.07. The zero-order chi connectivity index (χ0) is 22.1. The molecule has 0 spiro atoms. The van der Waals surface area contributed by atoms with Crippen molar-refractivity contribution in [1.82, 2.24) is 9.55 Å². The number of nitrogens with one attached hydrogen (secondary N) is 1. The van der Waals surface area contributed by atoms with E-state index >= 15 is 0 Å². The number of hydrogen-bond donors (Lipinski definition) is 1. The van der Waals surface area contributed by atoms with E-state index in [0.29, 0.717) is 29.3 Å². The fourth-order valence-corrected chi connectivity index (χ4v) is 4.20. The Morgan fingerprint density at radius 1 is 0.938 bits per heavy atom. The summed E-state index contributed by atoms with van der Waals surface area (Å²) >= 11 is 0. The number of hydrogen-bond acceptors (Lipinski definition) is 5. The number of fused-ring (bicyclic) bond motifs is 3. The number of ether oxygens (including phenoxy) is 2. The molecule has 1 amide bonds. The van der Waals surface area contributed by atoms with E-state index in [1.54, 1.807) is 26.4 Å². The monoisotopic (exact) mass is 428 g/mol. The molecule has 0 fully saturated rings. The van der Waals surface area contributed by atoms with Crippen molar-refractivity contribution in [3.8, 4) is 11.5 Å². The Hall–Kier alpha value is -4.00. The van der Waals surface area contributed by atoms with Crippen LogP contribution in [-0.2, 0) is 13.1 Å². The number of carbonyl (C=O) groups is 1. The van der Waals surface area contributed by atoms with E-state index in [4.69, 9.17) is 14.5 Å². The standard InChI is InChI=1S/C25H24N4O3/c1-31-22-10-6-3-7-18(22)25(30)27-20-15-17(11-12-23(20)32-2)28-13-14-29-21-9-5-4-8-19(21)26-24(29)16-28/h3-12,15H,13-14,16H2,1-2H3,(H,27,30). The van der Waals surface area contributed by atoms with Crippen molar-refractivity contribution in [2.24, 2.45) is 0 Å². The van der Waals surface area contributed by atoms with Crippen molar-refractivity contribution in [2.45, 2.75) is 13.1 Å². The van der Waals surface area contributed by atoms with Crippen molar-refractivity contribution < 1.29 is 14.3 Å². The number of imidazole rings is 1. The molecular weight excluding hydrogens is 404 g/mol. The van der Waals surface area contributed by atoms with Crippen LogP contribution in [0, 0.1) is 0 Å². The second-order valence-corrected chi connectivity index (χ2v) is 7.63. The Balaban J connectivity index is 1.42. The molecule has 2 heterocycles. The molecule has 1 N–H and O–H groups in total.